The summed E-state index contributed by atoms with van der Waals surface area (Å²) in [7, 11) is 0. The number of fused-ring (bicyclic) bond motifs is 1. The summed E-state index contributed by atoms with van der Waals surface area (Å²) in [6.07, 6.45) is -4.29. The number of nitrogens with one attached hydrogen (secondary N) is 1. The molecule has 1 aliphatic rings. The molecule has 1 aliphatic heterocycles. The van der Waals surface area contributed by atoms with Crippen LogP contribution in [-0.4, -0.2) is 30.6 Å². The minimum atomic E-state index is -4.08. The van der Waals surface area contributed by atoms with E-state index in [1.165, 1.54) is 0 Å². The summed E-state index contributed by atoms with van der Waals surface area (Å²) in [6.45, 7) is 2.68. The largest absolute Gasteiger partial charge is 0.487 e. The first-order chi connectivity index (χ1) is 9.99. The van der Waals surface area contributed by atoms with Crippen molar-refractivity contribution in [3.63, 3.8) is 0 Å². The van der Waals surface area contributed by atoms with Gasteiger partial charge in [-0.3, -0.25) is 0 Å². The molecule has 2 atom stereocenters. The minimum Gasteiger partial charge on any atom is -0.487 e. The third-order valence-corrected chi connectivity index (χ3v) is 4.56. The van der Waals surface area contributed by atoms with Crippen molar-refractivity contribution < 1.29 is 17.9 Å². The fourth-order valence-corrected chi connectivity index (χ4v) is 3.52. The lowest BCUT2D eigenvalue weighted by atomic mass is 10.0. The van der Waals surface area contributed by atoms with E-state index in [9.17, 15) is 13.2 Å². The summed E-state index contributed by atoms with van der Waals surface area (Å²) in [5.41, 5.74) is 0. The minimum absolute atomic E-state index is 0.0433. The van der Waals surface area contributed by atoms with Crippen LogP contribution in [0, 0.1) is 0 Å². The Bertz CT molecular complexity index is 453. The molecule has 0 aliphatic carbocycles. The van der Waals surface area contributed by atoms with Gasteiger partial charge in [0.25, 0.3) is 0 Å². The maximum atomic E-state index is 12.3. The molecule has 0 fully saturated rings. The molecule has 0 aromatic heterocycles. The molecule has 118 valence electrons. The van der Waals surface area contributed by atoms with Gasteiger partial charge in [0, 0.05) is 23.1 Å². The number of hydrogen-bond acceptors (Lipinski definition) is 3. The fourth-order valence-electron chi connectivity index (χ4n) is 2.44. The van der Waals surface area contributed by atoms with Crippen LogP contribution in [-0.2, 0) is 0 Å². The van der Waals surface area contributed by atoms with Gasteiger partial charge in [-0.05, 0) is 31.5 Å². The first-order valence-electron chi connectivity index (χ1n) is 7.18. The fraction of sp³-hybridized carbons (Fsp3) is 0.600. The summed E-state index contributed by atoms with van der Waals surface area (Å²) in [4.78, 5) is 1.10. The summed E-state index contributed by atoms with van der Waals surface area (Å²) in [6, 6.07) is 7.74. The van der Waals surface area contributed by atoms with Crippen LogP contribution < -0.4 is 10.1 Å². The van der Waals surface area contributed by atoms with Crippen LogP contribution in [0.2, 0.25) is 0 Å². The smallest absolute Gasteiger partial charge is 0.389 e. The lowest BCUT2D eigenvalue weighted by Gasteiger charge is -2.32. The molecule has 2 nitrogen and oxygen atoms in total. The van der Waals surface area contributed by atoms with Gasteiger partial charge in [-0.25, -0.2) is 0 Å². The van der Waals surface area contributed by atoms with E-state index in [0.717, 1.165) is 22.9 Å². The number of ether oxygens (including phenoxy) is 1. The standard InChI is InChI=1S/C15H20F3NOS/c1-2-19-11(6-5-9-15(16,17)18)13-10-21-14-8-4-3-7-12(14)20-13/h3-4,7-8,11,13,19H,2,5-6,9-10H2,1H3. The van der Waals surface area contributed by atoms with E-state index in [0.29, 0.717) is 6.42 Å². The molecule has 1 aromatic carbocycles. The van der Waals surface area contributed by atoms with E-state index in [1.807, 2.05) is 31.2 Å². The third-order valence-electron chi connectivity index (χ3n) is 3.42. The van der Waals surface area contributed by atoms with Crippen LogP contribution in [0.1, 0.15) is 26.2 Å². The quantitative estimate of drug-likeness (QED) is 0.847. The molecule has 0 spiro atoms. The van der Waals surface area contributed by atoms with Crippen LogP contribution in [0.5, 0.6) is 5.75 Å². The average Bonchev–Trinajstić information content (AvgIpc) is 2.44. The SMILES string of the molecule is CCNC(CCCC(F)(F)F)C1CSc2ccccc2O1. The van der Waals surface area contributed by atoms with Crippen molar-refractivity contribution in [1.82, 2.24) is 5.32 Å². The Morgan fingerprint density at radius 3 is 2.86 bits per heavy atom. The second kappa shape index (κ2) is 7.40. The molecular weight excluding hydrogens is 299 g/mol. The van der Waals surface area contributed by atoms with E-state index < -0.39 is 12.6 Å². The molecule has 0 bridgehead atoms. The molecule has 0 saturated heterocycles. The number of thioether (sulfide) groups is 1. The van der Waals surface area contributed by atoms with Gasteiger partial charge < -0.3 is 10.1 Å². The van der Waals surface area contributed by atoms with Crippen LogP contribution in [0.25, 0.3) is 0 Å². The second-order valence-electron chi connectivity index (χ2n) is 5.09. The highest BCUT2D eigenvalue weighted by atomic mass is 32.2. The zero-order valence-corrected chi connectivity index (χ0v) is 12.8. The van der Waals surface area contributed by atoms with Crippen molar-refractivity contribution in [3.8, 4) is 5.75 Å². The Labute approximate surface area is 127 Å². The van der Waals surface area contributed by atoms with Gasteiger partial charge in [0.2, 0.25) is 0 Å². The first kappa shape index (κ1) is 16.5. The maximum absolute atomic E-state index is 12.3. The van der Waals surface area contributed by atoms with Gasteiger partial charge in [-0.2, -0.15) is 13.2 Å². The van der Waals surface area contributed by atoms with Gasteiger partial charge in [0.1, 0.15) is 11.9 Å². The molecule has 0 saturated carbocycles. The number of likely N-dealkylation sites (N-methyl/N-ethyl adjacent to an activating group) is 1. The van der Waals surface area contributed by atoms with Crippen LogP contribution in [0.15, 0.2) is 29.2 Å². The highest BCUT2D eigenvalue weighted by Gasteiger charge is 2.30. The predicted octanol–water partition coefficient (Wildman–Crippen LogP) is 4.25. The lowest BCUT2D eigenvalue weighted by Crippen LogP contribution is -2.45. The third kappa shape index (κ3) is 5.11. The Balaban J connectivity index is 1.93. The molecule has 2 rings (SSSR count). The highest BCUT2D eigenvalue weighted by molar-refractivity contribution is 7.99. The number of rotatable bonds is 6. The first-order valence-corrected chi connectivity index (χ1v) is 8.17. The Hall–Kier alpha value is -0.880. The summed E-state index contributed by atoms with van der Waals surface area (Å²) in [5.74, 6) is 1.60. The van der Waals surface area contributed by atoms with Crippen molar-refractivity contribution in [3.05, 3.63) is 24.3 Å². The van der Waals surface area contributed by atoms with Crippen molar-refractivity contribution in [1.29, 1.82) is 0 Å². The molecule has 1 aromatic rings. The molecule has 0 amide bonds. The van der Waals surface area contributed by atoms with Crippen molar-refractivity contribution in [2.24, 2.45) is 0 Å². The maximum Gasteiger partial charge on any atom is 0.389 e. The van der Waals surface area contributed by atoms with Gasteiger partial charge >= 0.3 is 6.18 Å². The van der Waals surface area contributed by atoms with Crippen LogP contribution >= 0.6 is 11.8 Å². The van der Waals surface area contributed by atoms with Crippen molar-refractivity contribution >= 4 is 11.8 Å². The lowest BCUT2D eigenvalue weighted by molar-refractivity contribution is -0.136. The van der Waals surface area contributed by atoms with E-state index >= 15 is 0 Å². The normalized spacial score (nSPS) is 19.7. The molecule has 2 unspecified atom stereocenters. The average molecular weight is 319 g/mol. The highest BCUT2D eigenvalue weighted by Crippen LogP contribution is 2.36. The van der Waals surface area contributed by atoms with E-state index in [2.05, 4.69) is 5.32 Å². The molecule has 1 N–H and O–H groups in total. The molecular formula is C15H20F3NOS. The number of hydrogen-bond donors (Lipinski definition) is 1. The molecule has 21 heavy (non-hydrogen) atoms. The number of benzene rings is 1. The van der Waals surface area contributed by atoms with Crippen molar-refractivity contribution in [2.45, 2.75) is 49.4 Å². The van der Waals surface area contributed by atoms with E-state index in [-0.39, 0.29) is 18.6 Å². The van der Waals surface area contributed by atoms with Gasteiger partial charge in [0.15, 0.2) is 0 Å². The molecule has 1 heterocycles. The second-order valence-corrected chi connectivity index (χ2v) is 6.15. The monoisotopic (exact) mass is 319 g/mol. The molecule has 6 heteroatoms. The van der Waals surface area contributed by atoms with Gasteiger partial charge in [0.05, 0.1) is 0 Å². The number of halogens is 3. The Kier molecular flexibility index (Phi) is 5.81. The van der Waals surface area contributed by atoms with Gasteiger partial charge in [-0.1, -0.05) is 19.1 Å². The van der Waals surface area contributed by atoms with Crippen LogP contribution in [0.4, 0.5) is 13.2 Å². The van der Waals surface area contributed by atoms with Crippen molar-refractivity contribution in [2.75, 3.05) is 12.3 Å². The predicted molar refractivity (Wildman–Crippen MR) is 79.0 cm³/mol. The number of alkyl halides is 3. The Morgan fingerprint density at radius 1 is 1.38 bits per heavy atom. The van der Waals surface area contributed by atoms with Crippen LogP contribution in [0.3, 0.4) is 0 Å². The number of para-hydroxylation sites is 1. The summed E-state index contributed by atoms with van der Waals surface area (Å²) < 4.78 is 42.8. The topological polar surface area (TPSA) is 21.3 Å². The summed E-state index contributed by atoms with van der Waals surface area (Å²) in [5, 5.41) is 3.26. The Morgan fingerprint density at radius 2 is 2.14 bits per heavy atom. The zero-order valence-electron chi connectivity index (χ0n) is 12.0. The summed E-state index contributed by atoms with van der Waals surface area (Å²) >= 11 is 1.70. The van der Waals surface area contributed by atoms with E-state index in [4.69, 9.17) is 4.74 Å². The zero-order chi connectivity index (χ0) is 15.3. The van der Waals surface area contributed by atoms with Gasteiger partial charge in [-0.15, -0.1) is 11.8 Å². The molecule has 0 radical (unpaired) electrons. The van der Waals surface area contributed by atoms with E-state index in [1.54, 1.807) is 11.8 Å².